The zero-order chi connectivity index (χ0) is 13.5. The van der Waals surface area contributed by atoms with Crippen LogP contribution in [-0.4, -0.2) is 6.54 Å². The highest BCUT2D eigenvalue weighted by atomic mass is 79.9. The Morgan fingerprint density at radius 2 is 1.68 bits per heavy atom. The van der Waals surface area contributed by atoms with Crippen LogP contribution in [0.25, 0.3) is 0 Å². The van der Waals surface area contributed by atoms with Gasteiger partial charge in [-0.05, 0) is 36.6 Å². The summed E-state index contributed by atoms with van der Waals surface area (Å²) >= 11 is 3.64. The molecule has 2 aromatic rings. The van der Waals surface area contributed by atoms with Gasteiger partial charge in [0.1, 0.15) is 0 Å². The first-order chi connectivity index (χ1) is 9.31. The lowest BCUT2D eigenvalue weighted by atomic mass is 9.99. The van der Waals surface area contributed by atoms with Crippen molar-refractivity contribution in [3.63, 3.8) is 0 Å². The second kappa shape index (κ2) is 7.46. The Kier molecular flexibility index (Phi) is 5.62. The van der Waals surface area contributed by atoms with Crippen molar-refractivity contribution in [2.45, 2.75) is 25.8 Å². The fourth-order valence-electron chi connectivity index (χ4n) is 2.20. The van der Waals surface area contributed by atoms with Gasteiger partial charge >= 0.3 is 0 Å². The zero-order valence-corrected chi connectivity index (χ0v) is 12.9. The third-order valence-corrected chi connectivity index (χ3v) is 4.00. The number of rotatable bonds is 6. The van der Waals surface area contributed by atoms with E-state index in [1.807, 2.05) is 0 Å². The lowest BCUT2D eigenvalue weighted by molar-refractivity contribution is 0.528. The molecule has 0 fully saturated rings. The normalized spacial score (nSPS) is 12.3. The number of hydrogen-bond donors (Lipinski definition) is 1. The molecule has 2 rings (SSSR count). The second-order valence-corrected chi connectivity index (χ2v) is 5.57. The van der Waals surface area contributed by atoms with Gasteiger partial charge < -0.3 is 5.32 Å². The van der Waals surface area contributed by atoms with Crippen molar-refractivity contribution < 1.29 is 0 Å². The first-order valence-electron chi connectivity index (χ1n) is 6.83. The van der Waals surface area contributed by atoms with Gasteiger partial charge in [0.05, 0.1) is 0 Å². The fourth-order valence-corrected chi connectivity index (χ4v) is 2.64. The predicted molar refractivity (Wildman–Crippen MR) is 85.3 cm³/mol. The third kappa shape index (κ3) is 4.19. The molecule has 2 aromatic carbocycles. The van der Waals surface area contributed by atoms with Gasteiger partial charge in [-0.25, -0.2) is 0 Å². The molecule has 0 aromatic heterocycles. The van der Waals surface area contributed by atoms with Crippen molar-refractivity contribution in [1.29, 1.82) is 0 Å². The third-order valence-electron chi connectivity index (χ3n) is 3.22. The maximum atomic E-state index is 3.64. The van der Waals surface area contributed by atoms with Gasteiger partial charge in [-0.1, -0.05) is 71.4 Å². The number of hydrogen-bond acceptors (Lipinski definition) is 1. The van der Waals surface area contributed by atoms with E-state index in [4.69, 9.17) is 0 Å². The van der Waals surface area contributed by atoms with Crippen LogP contribution in [0.1, 0.15) is 30.5 Å². The Morgan fingerprint density at radius 1 is 1.00 bits per heavy atom. The Morgan fingerprint density at radius 3 is 2.37 bits per heavy atom. The summed E-state index contributed by atoms with van der Waals surface area (Å²) in [6.45, 7) is 3.25. The van der Waals surface area contributed by atoms with E-state index in [0.29, 0.717) is 6.04 Å². The molecule has 0 bridgehead atoms. The molecule has 1 atom stereocenters. The van der Waals surface area contributed by atoms with Gasteiger partial charge in [0.15, 0.2) is 0 Å². The van der Waals surface area contributed by atoms with Crippen molar-refractivity contribution in [2.75, 3.05) is 6.54 Å². The van der Waals surface area contributed by atoms with Crippen LogP contribution in [0.4, 0.5) is 0 Å². The van der Waals surface area contributed by atoms with E-state index in [2.05, 4.69) is 82.8 Å². The van der Waals surface area contributed by atoms with E-state index in [1.54, 1.807) is 0 Å². The van der Waals surface area contributed by atoms with Crippen molar-refractivity contribution in [3.05, 3.63) is 70.2 Å². The topological polar surface area (TPSA) is 12.0 Å². The molecule has 0 heterocycles. The summed E-state index contributed by atoms with van der Waals surface area (Å²) in [7, 11) is 0. The van der Waals surface area contributed by atoms with Crippen molar-refractivity contribution in [2.24, 2.45) is 0 Å². The smallest absolute Gasteiger partial charge is 0.0361 e. The molecule has 0 aliphatic rings. The summed E-state index contributed by atoms with van der Waals surface area (Å²) in [5.41, 5.74) is 2.70. The van der Waals surface area contributed by atoms with Gasteiger partial charge in [-0.3, -0.25) is 0 Å². The number of halogens is 1. The average Bonchev–Trinajstić information content (AvgIpc) is 2.46. The molecule has 1 nitrogen and oxygen atoms in total. The highest BCUT2D eigenvalue weighted by Gasteiger charge is 2.12. The minimum absolute atomic E-state index is 0.375. The molecule has 1 unspecified atom stereocenters. The average molecular weight is 318 g/mol. The van der Waals surface area contributed by atoms with Crippen molar-refractivity contribution in [1.82, 2.24) is 5.32 Å². The molecule has 19 heavy (non-hydrogen) atoms. The van der Waals surface area contributed by atoms with E-state index < -0.39 is 0 Å². The second-order valence-electron chi connectivity index (χ2n) is 4.71. The maximum absolute atomic E-state index is 3.64. The molecule has 2 heteroatoms. The lowest BCUT2D eigenvalue weighted by Crippen LogP contribution is -2.24. The van der Waals surface area contributed by atoms with Gasteiger partial charge in [0, 0.05) is 10.5 Å². The summed E-state index contributed by atoms with van der Waals surface area (Å²) in [5, 5.41) is 3.64. The summed E-state index contributed by atoms with van der Waals surface area (Å²) in [6, 6.07) is 19.5. The van der Waals surface area contributed by atoms with Gasteiger partial charge in [-0.15, -0.1) is 0 Å². The van der Waals surface area contributed by atoms with Crippen LogP contribution in [0.5, 0.6) is 0 Å². The quantitative estimate of drug-likeness (QED) is 0.812. The largest absolute Gasteiger partial charge is 0.310 e. The molecular weight excluding hydrogens is 298 g/mol. The minimum Gasteiger partial charge on any atom is -0.310 e. The molecular formula is C17H20BrN. The molecule has 0 saturated heterocycles. The maximum Gasteiger partial charge on any atom is 0.0361 e. The van der Waals surface area contributed by atoms with Crippen LogP contribution in [0.2, 0.25) is 0 Å². The van der Waals surface area contributed by atoms with E-state index in [9.17, 15) is 0 Å². The Labute approximate surface area is 124 Å². The van der Waals surface area contributed by atoms with Crippen LogP contribution in [0.3, 0.4) is 0 Å². The molecule has 0 amide bonds. The zero-order valence-electron chi connectivity index (χ0n) is 11.3. The summed E-state index contributed by atoms with van der Waals surface area (Å²) in [4.78, 5) is 0. The highest BCUT2D eigenvalue weighted by Crippen LogP contribution is 2.23. The van der Waals surface area contributed by atoms with E-state index in [0.717, 1.165) is 19.4 Å². The Hall–Kier alpha value is -1.12. The minimum atomic E-state index is 0.375. The SMILES string of the molecule is CCCNC(Cc1ccccc1Br)c1ccccc1. The van der Waals surface area contributed by atoms with Crippen LogP contribution in [0, 0.1) is 0 Å². The molecule has 1 N–H and O–H groups in total. The summed E-state index contributed by atoms with van der Waals surface area (Å²) in [5.74, 6) is 0. The lowest BCUT2D eigenvalue weighted by Gasteiger charge is -2.20. The first-order valence-corrected chi connectivity index (χ1v) is 7.62. The molecule has 0 aliphatic carbocycles. The first kappa shape index (κ1) is 14.3. The Balaban J connectivity index is 2.17. The molecule has 0 spiro atoms. The Bertz CT molecular complexity index is 496. The predicted octanol–water partition coefficient (Wildman–Crippen LogP) is 4.73. The summed E-state index contributed by atoms with van der Waals surface area (Å²) in [6.07, 6.45) is 2.16. The van der Waals surface area contributed by atoms with Crippen molar-refractivity contribution >= 4 is 15.9 Å². The van der Waals surface area contributed by atoms with Crippen LogP contribution in [0.15, 0.2) is 59.1 Å². The monoisotopic (exact) mass is 317 g/mol. The van der Waals surface area contributed by atoms with Gasteiger partial charge in [0.25, 0.3) is 0 Å². The standard InChI is InChI=1S/C17H20BrN/c1-2-12-19-17(14-8-4-3-5-9-14)13-15-10-6-7-11-16(15)18/h3-11,17,19H,2,12-13H2,1H3. The molecule has 100 valence electrons. The van der Waals surface area contributed by atoms with Gasteiger partial charge in [-0.2, -0.15) is 0 Å². The van der Waals surface area contributed by atoms with E-state index in [-0.39, 0.29) is 0 Å². The fraction of sp³-hybridized carbons (Fsp3) is 0.294. The van der Waals surface area contributed by atoms with Crippen LogP contribution >= 0.6 is 15.9 Å². The molecule has 0 radical (unpaired) electrons. The van der Waals surface area contributed by atoms with Crippen LogP contribution in [-0.2, 0) is 6.42 Å². The summed E-state index contributed by atoms with van der Waals surface area (Å²) < 4.78 is 1.19. The number of nitrogens with one attached hydrogen (secondary N) is 1. The highest BCUT2D eigenvalue weighted by molar-refractivity contribution is 9.10. The van der Waals surface area contributed by atoms with E-state index >= 15 is 0 Å². The van der Waals surface area contributed by atoms with E-state index in [1.165, 1.54) is 15.6 Å². The van der Waals surface area contributed by atoms with Gasteiger partial charge in [0.2, 0.25) is 0 Å². The number of benzene rings is 2. The van der Waals surface area contributed by atoms with Crippen LogP contribution < -0.4 is 5.32 Å². The molecule has 0 aliphatic heterocycles. The van der Waals surface area contributed by atoms with Crippen molar-refractivity contribution in [3.8, 4) is 0 Å². The molecule has 0 saturated carbocycles.